The third kappa shape index (κ3) is 6.49. The van der Waals surface area contributed by atoms with Crippen molar-refractivity contribution in [2.24, 2.45) is 0 Å². The number of likely N-dealkylation sites (tertiary alicyclic amines) is 2. The van der Waals surface area contributed by atoms with E-state index in [0.29, 0.717) is 43.7 Å². The topological polar surface area (TPSA) is 90.7 Å². The van der Waals surface area contributed by atoms with Crippen LogP contribution in [0.5, 0.6) is 0 Å². The van der Waals surface area contributed by atoms with Crippen molar-refractivity contribution < 1.29 is 9.90 Å². The van der Waals surface area contributed by atoms with Crippen molar-refractivity contribution in [2.45, 2.75) is 64.0 Å². The van der Waals surface area contributed by atoms with Crippen molar-refractivity contribution in [3.63, 3.8) is 0 Å². The SMILES string of the molecule is Cc1c(NCCN2CCCC2)ncn(CC2(O)CCN(C(=O)CC(C)c3ccccc3)CC2)c1=O. The lowest BCUT2D eigenvalue weighted by atomic mass is 9.90. The summed E-state index contributed by atoms with van der Waals surface area (Å²) in [4.78, 5) is 34.5. The summed E-state index contributed by atoms with van der Waals surface area (Å²) in [5.74, 6) is 0.882. The van der Waals surface area contributed by atoms with E-state index in [-0.39, 0.29) is 23.9 Å². The predicted molar refractivity (Wildman–Crippen MR) is 138 cm³/mol. The van der Waals surface area contributed by atoms with Gasteiger partial charge in [-0.3, -0.25) is 14.2 Å². The highest BCUT2D eigenvalue weighted by molar-refractivity contribution is 5.77. The zero-order valence-electron chi connectivity index (χ0n) is 21.1. The van der Waals surface area contributed by atoms with E-state index < -0.39 is 5.60 Å². The Bertz CT molecular complexity index is 1040. The Balaban J connectivity index is 1.29. The summed E-state index contributed by atoms with van der Waals surface area (Å²) in [5, 5.41) is 14.5. The van der Waals surface area contributed by atoms with Crippen LogP contribution >= 0.6 is 0 Å². The maximum atomic E-state index is 13.0. The Hall–Kier alpha value is -2.71. The second-order valence-corrected chi connectivity index (χ2v) is 10.2. The standard InChI is InChI=1S/C27H39N5O3/c1-21(23-8-4-3-5-9-23)18-24(33)31-15-10-27(35,11-16-31)19-32-20-29-25(22(2)26(32)34)28-12-17-30-13-6-7-14-30/h3-5,8-9,20-21,28,35H,6-7,10-19H2,1-2H3. The minimum absolute atomic E-state index is 0.113. The number of aromatic nitrogens is 2. The molecule has 8 heteroatoms. The van der Waals surface area contributed by atoms with Crippen molar-refractivity contribution in [3.8, 4) is 0 Å². The van der Waals surface area contributed by atoms with Crippen molar-refractivity contribution in [1.29, 1.82) is 0 Å². The number of piperidine rings is 1. The van der Waals surface area contributed by atoms with Crippen molar-refractivity contribution >= 4 is 11.7 Å². The number of anilines is 1. The molecule has 1 aromatic heterocycles. The Kier molecular flexibility index (Phi) is 8.23. The van der Waals surface area contributed by atoms with Gasteiger partial charge < -0.3 is 20.2 Å². The lowest BCUT2D eigenvalue weighted by Crippen LogP contribution is -2.50. The fourth-order valence-corrected chi connectivity index (χ4v) is 5.16. The van der Waals surface area contributed by atoms with Crippen molar-refractivity contribution in [1.82, 2.24) is 19.4 Å². The number of nitrogens with one attached hydrogen (secondary N) is 1. The summed E-state index contributed by atoms with van der Waals surface area (Å²) in [6, 6.07) is 10.1. The van der Waals surface area contributed by atoms with Crippen molar-refractivity contribution in [3.05, 3.63) is 58.1 Å². The minimum Gasteiger partial charge on any atom is -0.388 e. The summed E-state index contributed by atoms with van der Waals surface area (Å²) in [6.45, 7) is 9.02. The molecule has 2 aromatic rings. The lowest BCUT2D eigenvalue weighted by molar-refractivity contribution is -0.136. The van der Waals surface area contributed by atoms with E-state index in [0.717, 1.165) is 31.7 Å². The van der Waals surface area contributed by atoms with Crippen LogP contribution in [0.15, 0.2) is 41.5 Å². The fourth-order valence-electron chi connectivity index (χ4n) is 5.16. The summed E-state index contributed by atoms with van der Waals surface area (Å²) < 4.78 is 1.51. The van der Waals surface area contributed by atoms with E-state index in [1.54, 1.807) is 6.92 Å². The normalized spacial score (nSPS) is 19.0. The van der Waals surface area contributed by atoms with E-state index >= 15 is 0 Å². The first-order valence-corrected chi connectivity index (χ1v) is 12.9. The molecule has 0 radical (unpaired) electrons. The zero-order chi connectivity index (χ0) is 24.8. The first kappa shape index (κ1) is 25.4. The molecule has 4 rings (SSSR count). The van der Waals surface area contributed by atoms with Gasteiger partial charge in [0.2, 0.25) is 5.91 Å². The van der Waals surface area contributed by atoms with Crippen molar-refractivity contribution in [2.75, 3.05) is 44.6 Å². The number of carbonyl (C=O) groups is 1. The van der Waals surface area contributed by atoms with Crippen LogP contribution < -0.4 is 10.9 Å². The molecular weight excluding hydrogens is 442 g/mol. The molecule has 0 spiro atoms. The first-order chi connectivity index (χ1) is 16.8. The second kappa shape index (κ2) is 11.4. The molecule has 2 aliphatic rings. The van der Waals surface area contributed by atoms with Gasteiger partial charge in [0, 0.05) is 32.6 Å². The van der Waals surface area contributed by atoms with Crippen LogP contribution in [-0.4, -0.2) is 75.2 Å². The van der Waals surface area contributed by atoms with E-state index in [9.17, 15) is 14.7 Å². The first-order valence-electron chi connectivity index (χ1n) is 12.9. The summed E-state index contributed by atoms with van der Waals surface area (Å²) in [5.41, 5.74) is 0.572. The third-order valence-electron chi connectivity index (χ3n) is 7.54. The summed E-state index contributed by atoms with van der Waals surface area (Å²) >= 11 is 0. The Morgan fingerprint density at radius 1 is 1.14 bits per heavy atom. The number of benzene rings is 1. The highest BCUT2D eigenvalue weighted by Gasteiger charge is 2.35. The molecule has 2 aliphatic heterocycles. The van der Waals surface area contributed by atoms with E-state index in [2.05, 4.69) is 34.3 Å². The fraction of sp³-hybridized carbons (Fsp3) is 0.593. The highest BCUT2D eigenvalue weighted by atomic mass is 16.3. The summed E-state index contributed by atoms with van der Waals surface area (Å²) in [6.07, 6.45) is 5.39. The van der Waals surface area contributed by atoms with Crippen LogP contribution in [0, 0.1) is 6.92 Å². The van der Waals surface area contributed by atoms with Gasteiger partial charge in [0.25, 0.3) is 5.56 Å². The Morgan fingerprint density at radius 3 is 2.51 bits per heavy atom. The molecule has 2 saturated heterocycles. The molecule has 0 aliphatic carbocycles. The molecule has 0 bridgehead atoms. The molecule has 8 nitrogen and oxygen atoms in total. The largest absolute Gasteiger partial charge is 0.388 e. The van der Waals surface area contributed by atoms with Gasteiger partial charge in [0.1, 0.15) is 5.82 Å². The molecule has 190 valence electrons. The summed E-state index contributed by atoms with van der Waals surface area (Å²) in [7, 11) is 0. The lowest BCUT2D eigenvalue weighted by Gasteiger charge is -2.38. The number of carbonyl (C=O) groups excluding carboxylic acids is 1. The molecule has 0 saturated carbocycles. The third-order valence-corrected chi connectivity index (χ3v) is 7.54. The smallest absolute Gasteiger partial charge is 0.258 e. The number of aliphatic hydroxyl groups is 1. The van der Waals surface area contributed by atoms with E-state index in [1.807, 2.05) is 23.1 Å². The number of hydrogen-bond donors (Lipinski definition) is 2. The van der Waals surface area contributed by atoms with Crippen LogP contribution in [0.1, 0.15) is 56.1 Å². The molecule has 1 unspecified atom stereocenters. The van der Waals surface area contributed by atoms with Gasteiger partial charge >= 0.3 is 0 Å². The van der Waals surface area contributed by atoms with Gasteiger partial charge in [-0.15, -0.1) is 0 Å². The van der Waals surface area contributed by atoms with Gasteiger partial charge in [0.15, 0.2) is 0 Å². The quantitative estimate of drug-likeness (QED) is 0.572. The highest BCUT2D eigenvalue weighted by Crippen LogP contribution is 2.26. The molecule has 3 heterocycles. The van der Waals surface area contributed by atoms with E-state index in [4.69, 9.17) is 0 Å². The monoisotopic (exact) mass is 481 g/mol. The number of rotatable bonds is 9. The Labute approximate surface area is 208 Å². The van der Waals surface area contributed by atoms with Gasteiger partial charge in [-0.1, -0.05) is 37.3 Å². The number of hydrogen-bond acceptors (Lipinski definition) is 6. The average molecular weight is 482 g/mol. The van der Waals surface area contributed by atoms with Crippen LogP contribution in [0.4, 0.5) is 5.82 Å². The van der Waals surface area contributed by atoms with Gasteiger partial charge in [0.05, 0.1) is 24.0 Å². The van der Waals surface area contributed by atoms with Gasteiger partial charge in [-0.2, -0.15) is 0 Å². The zero-order valence-corrected chi connectivity index (χ0v) is 21.1. The van der Waals surface area contributed by atoms with E-state index in [1.165, 1.54) is 23.7 Å². The predicted octanol–water partition coefficient (Wildman–Crippen LogP) is 2.61. The molecule has 2 N–H and O–H groups in total. The second-order valence-electron chi connectivity index (χ2n) is 10.2. The maximum Gasteiger partial charge on any atom is 0.258 e. The van der Waals surface area contributed by atoms with Crippen LogP contribution in [0.25, 0.3) is 0 Å². The van der Waals surface area contributed by atoms with Crippen LogP contribution in [0.2, 0.25) is 0 Å². The van der Waals surface area contributed by atoms with Crippen LogP contribution in [0.3, 0.4) is 0 Å². The number of amides is 1. The van der Waals surface area contributed by atoms with Gasteiger partial charge in [-0.05, 0) is 57.2 Å². The van der Waals surface area contributed by atoms with Gasteiger partial charge in [-0.25, -0.2) is 4.98 Å². The molecule has 2 fully saturated rings. The minimum atomic E-state index is -1.02. The van der Waals surface area contributed by atoms with Crippen LogP contribution in [-0.2, 0) is 11.3 Å². The Morgan fingerprint density at radius 2 is 1.83 bits per heavy atom. The molecule has 1 atom stereocenters. The molecule has 1 amide bonds. The number of nitrogens with zero attached hydrogens (tertiary/aromatic N) is 4. The molecule has 35 heavy (non-hydrogen) atoms. The maximum absolute atomic E-state index is 13.0. The molecule has 1 aromatic carbocycles. The average Bonchev–Trinajstić information content (AvgIpc) is 3.38. The molecular formula is C27H39N5O3.